The summed E-state index contributed by atoms with van der Waals surface area (Å²) in [5, 5.41) is 0. The van der Waals surface area contributed by atoms with Crippen molar-refractivity contribution in [2.75, 3.05) is 12.3 Å². The van der Waals surface area contributed by atoms with E-state index < -0.39 is 10.0 Å². The number of benzene rings is 1. The molecule has 112 valence electrons. The van der Waals surface area contributed by atoms with Crippen LogP contribution in [0.3, 0.4) is 0 Å². The third kappa shape index (κ3) is 3.96. The predicted molar refractivity (Wildman–Crippen MR) is 84.9 cm³/mol. The second-order valence-corrected chi connectivity index (χ2v) is 8.28. The van der Waals surface area contributed by atoms with E-state index in [2.05, 4.69) is 27.6 Å². The highest BCUT2D eigenvalue weighted by molar-refractivity contribution is 9.10. The summed E-state index contributed by atoms with van der Waals surface area (Å²) in [6, 6.07) is 4.70. The molecular formula is C14H21BrN2O2S. The van der Waals surface area contributed by atoms with Crippen molar-refractivity contribution in [2.45, 2.75) is 37.5 Å². The largest absolute Gasteiger partial charge is 0.398 e. The molecule has 0 unspecified atom stereocenters. The van der Waals surface area contributed by atoms with Gasteiger partial charge in [0.05, 0.1) is 4.90 Å². The van der Waals surface area contributed by atoms with Gasteiger partial charge in [-0.2, -0.15) is 0 Å². The van der Waals surface area contributed by atoms with Crippen LogP contribution in [-0.2, 0) is 10.0 Å². The number of nitrogens with one attached hydrogen (secondary N) is 1. The van der Waals surface area contributed by atoms with Gasteiger partial charge in [-0.3, -0.25) is 0 Å². The van der Waals surface area contributed by atoms with E-state index in [4.69, 9.17) is 5.73 Å². The van der Waals surface area contributed by atoms with Crippen LogP contribution in [-0.4, -0.2) is 15.0 Å². The molecule has 1 fully saturated rings. The SMILES string of the molecule is CC1CCC(CNS(=O)(=O)c2ccc(Br)c(N)c2)CC1. The highest BCUT2D eigenvalue weighted by Crippen LogP contribution is 2.28. The van der Waals surface area contributed by atoms with Crippen LogP contribution < -0.4 is 10.5 Å². The fourth-order valence-corrected chi connectivity index (χ4v) is 3.93. The lowest BCUT2D eigenvalue weighted by Gasteiger charge is -2.26. The molecule has 2 rings (SSSR count). The van der Waals surface area contributed by atoms with E-state index >= 15 is 0 Å². The summed E-state index contributed by atoms with van der Waals surface area (Å²) >= 11 is 3.26. The van der Waals surface area contributed by atoms with Gasteiger partial charge in [0, 0.05) is 16.7 Å². The van der Waals surface area contributed by atoms with Gasteiger partial charge in [-0.25, -0.2) is 13.1 Å². The Morgan fingerprint density at radius 3 is 2.55 bits per heavy atom. The smallest absolute Gasteiger partial charge is 0.240 e. The van der Waals surface area contributed by atoms with Crippen LogP contribution in [0.1, 0.15) is 32.6 Å². The Balaban J connectivity index is 1.98. The molecule has 20 heavy (non-hydrogen) atoms. The number of anilines is 1. The van der Waals surface area contributed by atoms with Crippen LogP contribution in [0.5, 0.6) is 0 Å². The van der Waals surface area contributed by atoms with E-state index in [9.17, 15) is 8.42 Å². The lowest BCUT2D eigenvalue weighted by Crippen LogP contribution is -2.31. The third-order valence-corrected chi connectivity index (χ3v) is 6.12. The molecule has 6 heteroatoms. The first-order chi connectivity index (χ1) is 9.38. The third-order valence-electron chi connectivity index (χ3n) is 3.98. The molecule has 4 nitrogen and oxygen atoms in total. The molecule has 1 aliphatic rings. The summed E-state index contributed by atoms with van der Waals surface area (Å²) in [5.74, 6) is 1.22. The molecule has 0 atom stereocenters. The molecule has 0 bridgehead atoms. The van der Waals surface area contributed by atoms with E-state index in [0.29, 0.717) is 22.6 Å². The Morgan fingerprint density at radius 2 is 1.95 bits per heavy atom. The van der Waals surface area contributed by atoms with E-state index in [1.165, 1.54) is 18.9 Å². The lowest BCUT2D eigenvalue weighted by atomic mass is 9.83. The van der Waals surface area contributed by atoms with Crippen molar-refractivity contribution >= 4 is 31.6 Å². The first-order valence-electron chi connectivity index (χ1n) is 6.93. The molecule has 0 saturated heterocycles. The van der Waals surface area contributed by atoms with E-state index in [0.717, 1.165) is 18.8 Å². The van der Waals surface area contributed by atoms with Crippen LogP contribution in [0.2, 0.25) is 0 Å². The minimum Gasteiger partial charge on any atom is -0.398 e. The minimum atomic E-state index is -3.46. The molecule has 1 aromatic rings. The molecule has 0 radical (unpaired) electrons. The molecular weight excluding hydrogens is 340 g/mol. The maximum absolute atomic E-state index is 12.2. The van der Waals surface area contributed by atoms with Gasteiger partial charge in [0.25, 0.3) is 0 Å². The summed E-state index contributed by atoms with van der Waals surface area (Å²) < 4.78 is 27.9. The number of nitrogen functional groups attached to an aromatic ring is 1. The van der Waals surface area contributed by atoms with Crippen LogP contribution in [0.4, 0.5) is 5.69 Å². The molecule has 1 aromatic carbocycles. The Kier molecular flexibility index (Phi) is 5.09. The number of halogens is 1. The Labute approximate surface area is 129 Å². The fourth-order valence-electron chi connectivity index (χ4n) is 2.53. The Morgan fingerprint density at radius 1 is 1.30 bits per heavy atom. The normalized spacial score (nSPS) is 23.7. The summed E-state index contributed by atoms with van der Waals surface area (Å²) in [6.45, 7) is 2.77. The molecule has 3 N–H and O–H groups in total. The van der Waals surface area contributed by atoms with E-state index in [1.807, 2.05) is 0 Å². The van der Waals surface area contributed by atoms with Crippen molar-refractivity contribution in [2.24, 2.45) is 11.8 Å². The maximum Gasteiger partial charge on any atom is 0.240 e. The summed E-state index contributed by atoms with van der Waals surface area (Å²) in [6.07, 6.45) is 4.59. The van der Waals surface area contributed by atoms with Crippen LogP contribution in [0.15, 0.2) is 27.6 Å². The van der Waals surface area contributed by atoms with Crippen molar-refractivity contribution in [1.29, 1.82) is 0 Å². The second-order valence-electron chi connectivity index (χ2n) is 5.66. The molecule has 1 aliphatic carbocycles. The Bertz CT molecular complexity index is 567. The summed E-state index contributed by atoms with van der Waals surface area (Å²) in [7, 11) is -3.46. The summed E-state index contributed by atoms with van der Waals surface area (Å²) in [5.41, 5.74) is 6.16. The predicted octanol–water partition coefficient (Wildman–Crippen LogP) is 3.14. The zero-order valence-corrected chi connectivity index (χ0v) is 14.0. The number of nitrogens with two attached hydrogens (primary N) is 1. The molecule has 0 amide bonds. The zero-order chi connectivity index (χ0) is 14.8. The highest BCUT2D eigenvalue weighted by atomic mass is 79.9. The fraction of sp³-hybridized carbons (Fsp3) is 0.571. The van der Waals surface area contributed by atoms with Crippen molar-refractivity contribution in [1.82, 2.24) is 4.72 Å². The Hall–Kier alpha value is -0.590. The van der Waals surface area contributed by atoms with Crippen molar-refractivity contribution in [3.8, 4) is 0 Å². The van der Waals surface area contributed by atoms with Gasteiger partial charge < -0.3 is 5.73 Å². The van der Waals surface area contributed by atoms with Crippen molar-refractivity contribution in [3.63, 3.8) is 0 Å². The first-order valence-corrected chi connectivity index (χ1v) is 9.21. The van der Waals surface area contributed by atoms with Gasteiger partial charge in [0.15, 0.2) is 0 Å². The number of rotatable bonds is 4. The van der Waals surface area contributed by atoms with E-state index in [-0.39, 0.29) is 4.90 Å². The first kappa shape index (κ1) is 15.8. The summed E-state index contributed by atoms with van der Waals surface area (Å²) in [4.78, 5) is 0.224. The molecule has 0 aliphatic heterocycles. The van der Waals surface area contributed by atoms with Gasteiger partial charge in [-0.1, -0.05) is 19.8 Å². The number of hydrogen-bond donors (Lipinski definition) is 2. The van der Waals surface area contributed by atoms with Gasteiger partial charge in [0.1, 0.15) is 0 Å². The number of sulfonamides is 1. The second kappa shape index (κ2) is 6.45. The standard InChI is InChI=1S/C14H21BrN2O2S/c1-10-2-4-11(5-3-10)9-17-20(18,19)12-6-7-13(15)14(16)8-12/h6-8,10-11,17H,2-5,9,16H2,1H3. The van der Waals surface area contributed by atoms with Crippen LogP contribution >= 0.6 is 15.9 Å². The average molecular weight is 361 g/mol. The zero-order valence-electron chi connectivity index (χ0n) is 11.6. The maximum atomic E-state index is 12.2. The van der Waals surface area contributed by atoms with Gasteiger partial charge >= 0.3 is 0 Å². The van der Waals surface area contributed by atoms with Crippen LogP contribution in [0, 0.1) is 11.8 Å². The van der Waals surface area contributed by atoms with Crippen LogP contribution in [0.25, 0.3) is 0 Å². The molecule has 0 spiro atoms. The van der Waals surface area contributed by atoms with Crippen molar-refractivity contribution in [3.05, 3.63) is 22.7 Å². The van der Waals surface area contributed by atoms with E-state index in [1.54, 1.807) is 12.1 Å². The van der Waals surface area contributed by atoms with Gasteiger partial charge in [-0.05, 0) is 58.8 Å². The lowest BCUT2D eigenvalue weighted by molar-refractivity contribution is 0.290. The quantitative estimate of drug-likeness (QED) is 0.810. The number of hydrogen-bond acceptors (Lipinski definition) is 3. The molecule has 1 saturated carbocycles. The minimum absolute atomic E-state index is 0.224. The average Bonchev–Trinajstić information content (AvgIpc) is 2.41. The molecule has 0 heterocycles. The highest BCUT2D eigenvalue weighted by Gasteiger charge is 2.21. The van der Waals surface area contributed by atoms with Gasteiger partial charge in [0.2, 0.25) is 10.0 Å². The monoisotopic (exact) mass is 360 g/mol. The topological polar surface area (TPSA) is 72.2 Å². The van der Waals surface area contributed by atoms with Crippen molar-refractivity contribution < 1.29 is 8.42 Å². The molecule has 0 aromatic heterocycles. The van der Waals surface area contributed by atoms with Gasteiger partial charge in [-0.15, -0.1) is 0 Å².